The van der Waals surface area contributed by atoms with Gasteiger partial charge in [0.25, 0.3) is 0 Å². The second-order valence-electron chi connectivity index (χ2n) is 41.3. The molecule has 12 rings (SSSR count). The molecule has 0 spiro atoms. The van der Waals surface area contributed by atoms with Crippen LogP contribution in [0.2, 0.25) is 0 Å². The van der Waals surface area contributed by atoms with E-state index in [9.17, 15) is 23.5 Å². The Kier molecular flexibility index (Phi) is 32.4. The fourth-order valence-electron chi connectivity index (χ4n) is 26.7. The fourth-order valence-corrected chi connectivity index (χ4v) is 26.7. The summed E-state index contributed by atoms with van der Waals surface area (Å²) in [4.78, 5) is 25.1. The topological polar surface area (TPSA) is 103 Å². The van der Waals surface area contributed by atoms with Crippen molar-refractivity contribution >= 4 is 11.9 Å². The minimum absolute atomic E-state index is 0. The van der Waals surface area contributed by atoms with Crippen molar-refractivity contribution in [3.05, 3.63) is 33.4 Å². The van der Waals surface area contributed by atoms with E-state index in [2.05, 4.69) is 90.0 Å². The van der Waals surface area contributed by atoms with Crippen LogP contribution < -0.4 is 51.4 Å². The molecule has 0 aromatic carbocycles. The number of allylic oxidation sites excluding steroid dienone is 3. The summed E-state index contributed by atoms with van der Waals surface area (Å²) in [6.07, 6.45) is 42.2. The number of aliphatic hydroxyl groups excluding tert-OH is 1. The van der Waals surface area contributed by atoms with Crippen molar-refractivity contribution in [2.24, 2.45) is 151 Å². The van der Waals surface area contributed by atoms with Gasteiger partial charge in [0.1, 0.15) is 12.2 Å². The Labute approximate surface area is 669 Å². The largest absolute Gasteiger partial charge is 1.00 e. The van der Waals surface area contributed by atoms with E-state index in [0.29, 0.717) is 45.8 Å². The van der Waals surface area contributed by atoms with Crippen LogP contribution in [0.1, 0.15) is 357 Å². The van der Waals surface area contributed by atoms with Crippen molar-refractivity contribution in [3.63, 3.8) is 0 Å². The third kappa shape index (κ3) is 19.4. The van der Waals surface area contributed by atoms with E-state index in [0.717, 1.165) is 147 Å². The number of carbonyl (C=O) groups is 2. The molecular formula is C93H159F2KO6. The summed E-state index contributed by atoms with van der Waals surface area (Å²) in [5.74, 6) is 15.3. The van der Waals surface area contributed by atoms with E-state index < -0.39 is 10.8 Å². The second-order valence-corrected chi connectivity index (χ2v) is 41.3. The first-order chi connectivity index (χ1) is 46.7. The Bertz CT molecular complexity index is 2650. The molecule has 0 radical (unpaired) electrons. The number of carbonyl (C=O) groups excluding carboxylic acids is 2. The zero-order chi connectivity index (χ0) is 71.8. The number of ether oxygens (including phenoxy) is 2. The van der Waals surface area contributed by atoms with E-state index in [1.807, 2.05) is 47.1 Å². The second kappa shape index (κ2) is 37.3. The van der Waals surface area contributed by atoms with E-state index in [-0.39, 0.29) is 120 Å². The zero-order valence-corrected chi connectivity index (χ0v) is 72.2. The van der Waals surface area contributed by atoms with Crippen LogP contribution in [0.5, 0.6) is 0 Å². The van der Waals surface area contributed by atoms with Crippen molar-refractivity contribution in [1.82, 2.24) is 0 Å². The van der Waals surface area contributed by atoms with Crippen molar-refractivity contribution in [2.75, 3.05) is 13.3 Å². The van der Waals surface area contributed by atoms with Gasteiger partial charge in [0, 0.05) is 24.7 Å². The van der Waals surface area contributed by atoms with Gasteiger partial charge < -0.3 is 20.1 Å². The van der Waals surface area contributed by atoms with E-state index in [1.54, 1.807) is 16.7 Å². The first-order valence-electron chi connectivity index (χ1n) is 43.1. The first kappa shape index (κ1) is 88.8. The molecule has 0 aromatic rings. The molecule has 0 saturated heterocycles. The molecule has 12 aliphatic carbocycles. The predicted octanol–water partition coefficient (Wildman–Crippen LogP) is 23.1. The number of aliphatic hydroxyl groups is 1. The van der Waals surface area contributed by atoms with Crippen LogP contribution in [0.15, 0.2) is 33.4 Å². The number of hydrogen-bond donors (Lipinski definition) is 1. The SMILES string of the molecule is C.CC(C)CCC[C@@H](C)[C@H]1CCC2C3C[C@@H](C[18F])C4=C(CC[C@H](O)C4)C3CC[C@@]21C.CC(C)CCC[C@@H](C)[C@H]1CCC2C3C[C@@H](C[18F])C4=C(CC[C@H](OC(=O)C(C)(C)C)C4)C3CC[C@@]21C.CC[C@@H]1CC2C(CC[C@@]3(C)C2CC[C@@H]3[C@H](C)CCCC(C)C)C2=C1C[C@@H](OC(=O)C(C)(C)C)CC2.[K+].[OH-]. The molecule has 102 heavy (non-hydrogen) atoms. The molecule has 6 nitrogen and oxygen atoms in total. The van der Waals surface area contributed by atoms with Gasteiger partial charge in [-0.05, 0) is 318 Å². The third-order valence-electron chi connectivity index (χ3n) is 31.8. The van der Waals surface area contributed by atoms with Gasteiger partial charge in [-0.3, -0.25) is 18.4 Å². The van der Waals surface area contributed by atoms with Crippen LogP contribution in [0, 0.1) is 151 Å². The molecule has 0 aromatic heterocycles. The Morgan fingerprint density at radius 2 is 0.755 bits per heavy atom. The van der Waals surface area contributed by atoms with E-state index >= 15 is 0 Å². The maximum absolute atomic E-state index is 14.5. The number of halogens is 2. The number of alkyl halides is 2. The molecule has 24 atom stereocenters. The zero-order valence-electron chi connectivity index (χ0n) is 69.1. The number of hydrogen-bond acceptors (Lipinski definition) is 6. The Morgan fingerprint density at radius 1 is 0.451 bits per heavy atom. The molecule has 6 saturated carbocycles. The summed E-state index contributed by atoms with van der Waals surface area (Å²) in [6, 6.07) is 0. The average Bonchev–Trinajstić information content (AvgIpc) is 1.48. The number of fused-ring (bicyclic) bond motifs is 12. The van der Waals surface area contributed by atoms with Crippen LogP contribution in [-0.4, -0.2) is 54.2 Å². The number of esters is 2. The normalized spacial score (nSPS) is 38.4. The van der Waals surface area contributed by atoms with Gasteiger partial charge in [0.05, 0.1) is 30.3 Å². The molecular weight excluding hydrogens is 1290 g/mol. The quantitative estimate of drug-likeness (QED) is 0.0740. The molecule has 2 N–H and O–H groups in total. The van der Waals surface area contributed by atoms with Crippen LogP contribution in [0.3, 0.4) is 0 Å². The summed E-state index contributed by atoms with van der Waals surface area (Å²) in [5.41, 5.74) is 10.0. The van der Waals surface area contributed by atoms with Crippen LogP contribution in [0.4, 0.5) is 8.78 Å². The average molecular weight is 1450 g/mol. The standard InChI is InChI=1S/C33H56O2.C32H53FO2.C27H45FO.CH4.K.H2O/c1-9-23-19-28-26(25-14-13-24(20-27(23)25)35-31(34)32(5,6)7)17-18-33(8)29(15-16-30(28)33)22(4)12-10-11-21(2)3;1-20(2)9-8-10-21(3)28-13-14-29-27-17-22(19-33)26-18-23(35-30(34)31(4,5)6)11-12-24(26)25(27)15-16-32(28,29)7;1-17(2)6-5-7-18(3)25-10-11-26-24-14-19(16-28)23-15-20(29)8-9-21(23)22(24)12-13-27(25,26)4;;;/h21-24,26,28-30H,9-20H2,1-8H3;20-23,25,27-29H,8-19H2,1-7H3;17-20,22,24-26,29H,5-16H2,1-4H3;1H4;;1H2/q;;;;+1;/p-1/t22-,23-,24+,26?,28?,29-,30?,33-;21-,22+,23+,25?,27?,28-,29?,32-;18-,19+,20+,22?,24?,25-,26?,27-;;;/m111.../s1/i;33-1;28-1;;;. The maximum Gasteiger partial charge on any atom is 1.00 e. The molecule has 6 fully saturated rings. The third-order valence-corrected chi connectivity index (χ3v) is 31.8. The number of rotatable bonds is 20. The molecule has 0 heterocycles. The summed E-state index contributed by atoms with van der Waals surface area (Å²) >= 11 is 0. The van der Waals surface area contributed by atoms with Crippen molar-refractivity contribution in [3.8, 4) is 0 Å². The van der Waals surface area contributed by atoms with Gasteiger partial charge in [-0.15, -0.1) is 0 Å². The minimum atomic E-state index is -0.482. The van der Waals surface area contributed by atoms with Gasteiger partial charge in [-0.25, -0.2) is 0 Å². The fraction of sp³-hybridized carbons (Fsp3) is 0.914. The van der Waals surface area contributed by atoms with E-state index in [1.165, 1.54) is 165 Å². The molecule has 9 heteroatoms. The Morgan fingerprint density at radius 3 is 1.06 bits per heavy atom. The van der Waals surface area contributed by atoms with Gasteiger partial charge in [-0.2, -0.15) is 0 Å². The van der Waals surface area contributed by atoms with E-state index in [4.69, 9.17) is 9.47 Å². The van der Waals surface area contributed by atoms with Gasteiger partial charge in [-0.1, -0.05) is 189 Å². The molecule has 0 aliphatic heterocycles. The van der Waals surface area contributed by atoms with Gasteiger partial charge in [0.15, 0.2) is 0 Å². The van der Waals surface area contributed by atoms with Gasteiger partial charge >= 0.3 is 63.3 Å². The smallest absolute Gasteiger partial charge is 0.870 e. The van der Waals surface area contributed by atoms with Gasteiger partial charge in [0.2, 0.25) is 0 Å². The maximum atomic E-state index is 14.5. The van der Waals surface area contributed by atoms with Crippen molar-refractivity contribution < 1.29 is 89.8 Å². The summed E-state index contributed by atoms with van der Waals surface area (Å²) in [7, 11) is 0. The Balaban J connectivity index is 0.000000212. The molecule has 9 unspecified atom stereocenters. The predicted molar refractivity (Wildman–Crippen MR) is 418 cm³/mol. The molecule has 0 bridgehead atoms. The monoisotopic (exact) mass is 1450 g/mol. The van der Waals surface area contributed by atoms with Crippen molar-refractivity contribution in [1.29, 1.82) is 0 Å². The molecule has 12 aliphatic rings. The molecule has 582 valence electrons. The molecule has 0 amide bonds. The summed E-state index contributed by atoms with van der Waals surface area (Å²) in [6.45, 7) is 43.3. The first-order valence-corrected chi connectivity index (χ1v) is 43.1. The minimum Gasteiger partial charge on any atom is -0.870 e. The van der Waals surface area contributed by atoms with Crippen LogP contribution in [0.25, 0.3) is 0 Å². The van der Waals surface area contributed by atoms with Crippen molar-refractivity contribution in [2.45, 2.75) is 376 Å². The van der Waals surface area contributed by atoms with Crippen LogP contribution >= 0.6 is 0 Å². The van der Waals surface area contributed by atoms with Crippen LogP contribution in [-0.2, 0) is 19.1 Å². The Hall–Kier alpha value is -0.424. The summed E-state index contributed by atoms with van der Waals surface area (Å²) in [5, 5.41) is 10.2. The summed E-state index contributed by atoms with van der Waals surface area (Å²) < 4.78 is 40.5.